The predicted molar refractivity (Wildman–Crippen MR) is 90.1 cm³/mol. The second kappa shape index (κ2) is 8.08. The van der Waals surface area contributed by atoms with E-state index in [0.29, 0.717) is 18.5 Å². The van der Waals surface area contributed by atoms with Gasteiger partial charge in [0.2, 0.25) is 5.91 Å². The number of aromatic nitrogens is 1. The molecule has 2 N–H and O–H groups in total. The molecule has 1 aromatic rings. The molecule has 0 spiro atoms. The molecular weight excluding hydrogens is 308 g/mol. The highest BCUT2D eigenvalue weighted by molar-refractivity contribution is 7.14. The quantitative estimate of drug-likeness (QED) is 0.917. The van der Waals surface area contributed by atoms with Crippen LogP contribution in [0.4, 0.5) is 5.13 Å². The van der Waals surface area contributed by atoms with Gasteiger partial charge < -0.3 is 5.73 Å². The Bertz CT molecular complexity index is 468. The number of likely N-dealkylation sites (tertiary alicyclic amines) is 1. The third kappa shape index (κ3) is 4.64. The topological polar surface area (TPSA) is 62.5 Å². The van der Waals surface area contributed by atoms with Gasteiger partial charge in [0.15, 0.2) is 5.13 Å². The Morgan fingerprint density at radius 3 is 2.90 bits per heavy atom. The number of amides is 1. The maximum atomic E-state index is 11.5. The zero-order valence-corrected chi connectivity index (χ0v) is 14.5. The third-order valence-corrected chi connectivity index (χ3v) is 4.82. The Morgan fingerprint density at radius 1 is 1.62 bits per heavy atom. The summed E-state index contributed by atoms with van der Waals surface area (Å²) in [5.74, 6) is 0.581. The van der Waals surface area contributed by atoms with Crippen LogP contribution in [0.3, 0.4) is 0 Å². The summed E-state index contributed by atoms with van der Waals surface area (Å²) >= 11 is 1.54. The summed E-state index contributed by atoms with van der Waals surface area (Å²) < 4.78 is 0. The van der Waals surface area contributed by atoms with Crippen LogP contribution in [0, 0.1) is 5.92 Å². The van der Waals surface area contributed by atoms with E-state index >= 15 is 0 Å². The summed E-state index contributed by atoms with van der Waals surface area (Å²) in [7, 11) is 0. The van der Waals surface area contributed by atoms with Crippen molar-refractivity contribution in [1.82, 2.24) is 9.88 Å². The van der Waals surface area contributed by atoms with Gasteiger partial charge in [-0.25, -0.2) is 4.98 Å². The van der Waals surface area contributed by atoms with Crippen molar-refractivity contribution in [3.05, 3.63) is 11.1 Å². The van der Waals surface area contributed by atoms with Crippen LogP contribution in [0.2, 0.25) is 0 Å². The molecule has 1 aliphatic rings. The summed E-state index contributed by atoms with van der Waals surface area (Å²) in [6.45, 7) is 9.33. The predicted octanol–water partition coefficient (Wildman–Crippen LogP) is 2.11. The maximum absolute atomic E-state index is 11.5. The average molecular weight is 333 g/mol. The molecule has 0 aromatic carbocycles. The molecule has 1 saturated heterocycles. The van der Waals surface area contributed by atoms with Crippen LogP contribution in [0.25, 0.3) is 0 Å². The van der Waals surface area contributed by atoms with Crippen molar-refractivity contribution in [3.8, 4) is 0 Å². The number of anilines is 1. The molecule has 21 heavy (non-hydrogen) atoms. The largest absolute Gasteiger partial charge is 0.327 e. The van der Waals surface area contributed by atoms with E-state index in [1.165, 1.54) is 0 Å². The van der Waals surface area contributed by atoms with Crippen LogP contribution in [0.1, 0.15) is 32.9 Å². The number of rotatable bonds is 4. The smallest absolute Gasteiger partial charge is 0.225 e. The van der Waals surface area contributed by atoms with E-state index in [2.05, 4.69) is 22.2 Å². The Kier molecular flexibility index (Phi) is 7.06. The first-order valence-corrected chi connectivity index (χ1v) is 8.09. The summed E-state index contributed by atoms with van der Waals surface area (Å²) in [6.07, 6.45) is 1.05. The summed E-state index contributed by atoms with van der Waals surface area (Å²) in [4.78, 5) is 20.2. The third-order valence-electron chi connectivity index (χ3n) is 3.91. The van der Waals surface area contributed by atoms with Gasteiger partial charge in [-0.2, -0.15) is 0 Å². The van der Waals surface area contributed by atoms with E-state index in [1.54, 1.807) is 23.2 Å². The normalized spacial score (nSPS) is 22.7. The van der Waals surface area contributed by atoms with Crippen molar-refractivity contribution >= 4 is 34.8 Å². The molecule has 2 unspecified atom stereocenters. The molecule has 1 fully saturated rings. The fourth-order valence-electron chi connectivity index (χ4n) is 2.61. The Balaban J connectivity index is 0.00000220. The van der Waals surface area contributed by atoms with E-state index in [9.17, 15) is 4.79 Å². The van der Waals surface area contributed by atoms with Crippen molar-refractivity contribution in [1.29, 1.82) is 0 Å². The zero-order chi connectivity index (χ0) is 14.7. The minimum atomic E-state index is 0. The van der Waals surface area contributed by atoms with Crippen LogP contribution in [-0.4, -0.2) is 41.5 Å². The van der Waals surface area contributed by atoms with Crippen LogP contribution in [-0.2, 0) is 11.3 Å². The summed E-state index contributed by atoms with van der Waals surface area (Å²) in [5.41, 5.74) is 7.09. The molecule has 1 aromatic heterocycles. The fraction of sp³-hybridized carbons (Fsp3) is 0.714. The number of thiazole rings is 1. The second-order valence-electron chi connectivity index (χ2n) is 5.55. The standard InChI is InChI=1S/C14H24N4OS.ClH/c1-4-18(11(3)19)14-16-12(9-20-14)8-17-6-5-13(15)10(2)7-17;/h9-10,13H,4-8,15H2,1-3H3;1H. The highest BCUT2D eigenvalue weighted by atomic mass is 35.5. The van der Waals surface area contributed by atoms with Crippen molar-refractivity contribution < 1.29 is 4.79 Å². The van der Waals surface area contributed by atoms with Crippen LogP contribution < -0.4 is 10.6 Å². The fourth-order valence-corrected chi connectivity index (χ4v) is 3.53. The van der Waals surface area contributed by atoms with Crippen molar-refractivity contribution in [3.63, 3.8) is 0 Å². The first-order valence-electron chi connectivity index (χ1n) is 7.21. The van der Waals surface area contributed by atoms with Crippen LogP contribution in [0.15, 0.2) is 5.38 Å². The van der Waals surface area contributed by atoms with Crippen LogP contribution in [0.5, 0.6) is 0 Å². The molecule has 7 heteroatoms. The van der Waals surface area contributed by atoms with Gasteiger partial charge in [0, 0.05) is 44.5 Å². The number of halogens is 1. The Hall–Kier alpha value is -0.690. The summed E-state index contributed by atoms with van der Waals surface area (Å²) in [6, 6.07) is 0.325. The maximum Gasteiger partial charge on any atom is 0.225 e. The zero-order valence-electron chi connectivity index (χ0n) is 12.9. The molecule has 0 aliphatic carbocycles. The molecule has 2 heterocycles. The molecule has 0 bridgehead atoms. The molecule has 2 atom stereocenters. The molecule has 0 radical (unpaired) electrons. The monoisotopic (exact) mass is 332 g/mol. The lowest BCUT2D eigenvalue weighted by Crippen LogP contribution is -2.45. The lowest BCUT2D eigenvalue weighted by Gasteiger charge is -2.34. The number of nitrogens with two attached hydrogens (primary N) is 1. The number of nitrogens with zero attached hydrogens (tertiary/aromatic N) is 3. The molecule has 1 amide bonds. The molecule has 1 aliphatic heterocycles. The van der Waals surface area contributed by atoms with Crippen molar-refractivity contribution in [2.24, 2.45) is 11.7 Å². The van der Waals surface area contributed by atoms with Gasteiger partial charge >= 0.3 is 0 Å². The number of hydrogen-bond donors (Lipinski definition) is 1. The first-order chi connectivity index (χ1) is 9.51. The van der Waals surface area contributed by atoms with Gasteiger partial charge in [-0.1, -0.05) is 6.92 Å². The van der Waals surface area contributed by atoms with Gasteiger partial charge in [-0.05, 0) is 19.3 Å². The number of piperidine rings is 1. The number of hydrogen-bond acceptors (Lipinski definition) is 5. The van der Waals surface area contributed by atoms with Gasteiger partial charge in [-0.15, -0.1) is 23.7 Å². The van der Waals surface area contributed by atoms with Crippen LogP contribution >= 0.6 is 23.7 Å². The number of carbonyl (C=O) groups excluding carboxylic acids is 1. The van der Waals surface area contributed by atoms with Gasteiger partial charge in [0.1, 0.15) is 0 Å². The minimum absolute atomic E-state index is 0. The Labute approximate surface area is 136 Å². The van der Waals surface area contributed by atoms with Gasteiger partial charge in [0.25, 0.3) is 0 Å². The van der Waals surface area contributed by atoms with E-state index in [1.807, 2.05) is 6.92 Å². The first kappa shape index (κ1) is 18.4. The molecule has 5 nitrogen and oxygen atoms in total. The van der Waals surface area contributed by atoms with E-state index in [0.717, 1.165) is 36.9 Å². The molecule has 0 saturated carbocycles. The van der Waals surface area contributed by atoms with E-state index in [4.69, 9.17) is 5.73 Å². The molecular formula is C14H25ClN4OS. The Morgan fingerprint density at radius 2 is 2.33 bits per heavy atom. The lowest BCUT2D eigenvalue weighted by atomic mass is 9.95. The number of carbonyl (C=O) groups is 1. The highest BCUT2D eigenvalue weighted by Crippen LogP contribution is 2.23. The van der Waals surface area contributed by atoms with Crippen molar-refractivity contribution in [2.45, 2.75) is 39.8 Å². The van der Waals surface area contributed by atoms with Gasteiger partial charge in [-0.3, -0.25) is 14.6 Å². The molecule has 2 rings (SSSR count). The average Bonchev–Trinajstić information content (AvgIpc) is 2.82. The van der Waals surface area contributed by atoms with E-state index in [-0.39, 0.29) is 18.3 Å². The lowest BCUT2D eigenvalue weighted by molar-refractivity contribution is -0.116. The van der Waals surface area contributed by atoms with Gasteiger partial charge in [0.05, 0.1) is 5.69 Å². The van der Waals surface area contributed by atoms with E-state index < -0.39 is 0 Å². The minimum Gasteiger partial charge on any atom is -0.327 e. The van der Waals surface area contributed by atoms with Crippen molar-refractivity contribution in [2.75, 3.05) is 24.5 Å². The highest BCUT2D eigenvalue weighted by Gasteiger charge is 2.23. The second-order valence-corrected chi connectivity index (χ2v) is 6.39. The molecule has 120 valence electrons. The summed E-state index contributed by atoms with van der Waals surface area (Å²) in [5, 5.41) is 2.86. The SMILES string of the molecule is CCN(C(C)=O)c1nc(CN2CCC(N)C(C)C2)cs1.Cl.